The molecule has 0 atom stereocenters. The summed E-state index contributed by atoms with van der Waals surface area (Å²) in [5.74, 6) is 0.00152. The number of amides is 1. The van der Waals surface area contributed by atoms with E-state index >= 15 is 0 Å². The van der Waals surface area contributed by atoms with Gasteiger partial charge in [-0.2, -0.15) is 4.31 Å². The van der Waals surface area contributed by atoms with Gasteiger partial charge < -0.3 is 5.32 Å². The first-order valence-electron chi connectivity index (χ1n) is 10.5. The molecule has 7 heteroatoms. The molecule has 1 saturated heterocycles. The Morgan fingerprint density at radius 2 is 1.52 bits per heavy atom. The summed E-state index contributed by atoms with van der Waals surface area (Å²) in [6, 6.07) is 22.7. The number of nitrogens with one attached hydrogen (secondary N) is 1. The highest BCUT2D eigenvalue weighted by Gasteiger charge is 2.28. The van der Waals surface area contributed by atoms with E-state index < -0.39 is 10.0 Å². The predicted molar refractivity (Wildman–Crippen MR) is 122 cm³/mol. The molecule has 0 saturated carbocycles. The Kier molecular flexibility index (Phi) is 6.65. The van der Waals surface area contributed by atoms with Crippen molar-refractivity contribution in [2.24, 2.45) is 0 Å². The van der Waals surface area contributed by atoms with Crippen molar-refractivity contribution in [2.45, 2.75) is 11.3 Å². The number of nitrogens with zero attached hydrogens (tertiary/aromatic N) is 2. The van der Waals surface area contributed by atoms with Crippen molar-refractivity contribution in [3.8, 4) is 0 Å². The molecule has 0 unspecified atom stereocenters. The molecule has 1 N–H and O–H groups in total. The Morgan fingerprint density at radius 1 is 0.839 bits per heavy atom. The van der Waals surface area contributed by atoms with Gasteiger partial charge in [-0.15, -0.1) is 0 Å². The van der Waals surface area contributed by atoms with Crippen molar-refractivity contribution in [2.75, 3.05) is 39.3 Å². The zero-order chi connectivity index (χ0) is 21.7. The zero-order valence-electron chi connectivity index (χ0n) is 17.4. The summed E-state index contributed by atoms with van der Waals surface area (Å²) >= 11 is 0. The molecule has 6 nitrogen and oxygen atoms in total. The Morgan fingerprint density at radius 3 is 2.29 bits per heavy atom. The van der Waals surface area contributed by atoms with Crippen LogP contribution in [0.1, 0.15) is 5.56 Å². The van der Waals surface area contributed by atoms with E-state index in [1.165, 1.54) is 4.31 Å². The van der Waals surface area contributed by atoms with Crippen LogP contribution in [0.25, 0.3) is 10.8 Å². The van der Waals surface area contributed by atoms with Crippen LogP contribution < -0.4 is 5.32 Å². The van der Waals surface area contributed by atoms with Crippen LogP contribution >= 0.6 is 0 Å². The fourth-order valence-corrected chi connectivity index (χ4v) is 5.41. The Balaban J connectivity index is 1.23. The number of carbonyl (C=O) groups excluding carboxylic acids is 1. The number of rotatable bonds is 7. The lowest BCUT2D eigenvalue weighted by Crippen LogP contribution is -2.50. The van der Waals surface area contributed by atoms with Crippen LogP contribution in [-0.2, 0) is 21.2 Å². The number of carbonyl (C=O) groups is 1. The lowest BCUT2D eigenvalue weighted by atomic mass is 10.0. The molecule has 0 aliphatic carbocycles. The Hall–Kier alpha value is -2.74. The maximum absolute atomic E-state index is 12.7. The topological polar surface area (TPSA) is 69.7 Å². The van der Waals surface area contributed by atoms with Gasteiger partial charge in [0.05, 0.1) is 11.3 Å². The molecular formula is C24H27N3O3S. The van der Waals surface area contributed by atoms with Crippen LogP contribution in [0.2, 0.25) is 0 Å². The van der Waals surface area contributed by atoms with Gasteiger partial charge in [0.15, 0.2) is 0 Å². The molecule has 0 aromatic heterocycles. The Bertz CT molecular complexity index is 1140. The van der Waals surface area contributed by atoms with E-state index in [1.807, 2.05) is 48.5 Å². The van der Waals surface area contributed by atoms with E-state index in [1.54, 1.807) is 24.3 Å². The first-order chi connectivity index (χ1) is 15.0. The fraction of sp³-hybridized carbons (Fsp3) is 0.292. The van der Waals surface area contributed by atoms with Gasteiger partial charge in [-0.05, 0) is 28.5 Å². The average molecular weight is 438 g/mol. The second kappa shape index (κ2) is 9.60. The average Bonchev–Trinajstić information content (AvgIpc) is 2.80. The van der Waals surface area contributed by atoms with Crippen LogP contribution in [0.3, 0.4) is 0 Å². The molecule has 1 fully saturated rings. The van der Waals surface area contributed by atoms with Gasteiger partial charge in [0, 0.05) is 39.3 Å². The van der Waals surface area contributed by atoms with E-state index in [2.05, 4.69) is 10.2 Å². The van der Waals surface area contributed by atoms with Crippen LogP contribution in [0.4, 0.5) is 0 Å². The summed E-state index contributed by atoms with van der Waals surface area (Å²) in [6.07, 6.45) is 0.352. The molecular weight excluding hydrogens is 410 g/mol. The lowest BCUT2D eigenvalue weighted by Gasteiger charge is -2.33. The molecule has 1 aliphatic heterocycles. The summed E-state index contributed by atoms with van der Waals surface area (Å²) in [7, 11) is -3.44. The second-order valence-electron chi connectivity index (χ2n) is 7.72. The van der Waals surface area contributed by atoms with Crippen LogP contribution in [0, 0.1) is 0 Å². The molecule has 1 heterocycles. The summed E-state index contributed by atoms with van der Waals surface area (Å²) in [5, 5.41) is 5.24. The standard InChI is InChI=1S/C24H27N3O3S/c28-24(19-21-9-6-8-20-7-4-5-12-23(20)21)25-13-14-26-15-17-27(18-16-26)31(29,30)22-10-2-1-3-11-22/h1-12H,13-19H2,(H,25,28). The van der Waals surface area contributed by atoms with Gasteiger partial charge in [0.2, 0.25) is 15.9 Å². The van der Waals surface area contributed by atoms with Crippen LogP contribution in [-0.4, -0.2) is 62.8 Å². The minimum absolute atomic E-state index is 0.00152. The third-order valence-corrected chi connectivity index (χ3v) is 7.61. The van der Waals surface area contributed by atoms with Crippen LogP contribution in [0.15, 0.2) is 77.7 Å². The Labute approximate surface area is 183 Å². The van der Waals surface area contributed by atoms with Crippen molar-refractivity contribution in [1.82, 2.24) is 14.5 Å². The van der Waals surface area contributed by atoms with Gasteiger partial charge in [-0.25, -0.2) is 8.42 Å². The number of piperazine rings is 1. The monoisotopic (exact) mass is 437 g/mol. The first-order valence-corrected chi connectivity index (χ1v) is 12.0. The molecule has 0 spiro atoms. The van der Waals surface area contributed by atoms with Crippen molar-refractivity contribution in [3.63, 3.8) is 0 Å². The normalized spacial score (nSPS) is 15.7. The number of hydrogen-bond acceptors (Lipinski definition) is 4. The SMILES string of the molecule is O=C(Cc1cccc2ccccc12)NCCN1CCN(S(=O)(=O)c2ccccc2)CC1. The predicted octanol–water partition coefficient (Wildman–Crippen LogP) is 2.51. The molecule has 1 amide bonds. The van der Waals surface area contributed by atoms with Crippen molar-refractivity contribution < 1.29 is 13.2 Å². The van der Waals surface area contributed by atoms with Gasteiger partial charge in [-0.1, -0.05) is 60.7 Å². The second-order valence-corrected chi connectivity index (χ2v) is 9.66. The molecule has 31 heavy (non-hydrogen) atoms. The molecule has 0 bridgehead atoms. The van der Waals surface area contributed by atoms with E-state index in [0.717, 1.165) is 16.3 Å². The molecule has 3 aromatic carbocycles. The highest BCUT2D eigenvalue weighted by molar-refractivity contribution is 7.89. The number of benzene rings is 3. The van der Waals surface area contributed by atoms with Crippen LogP contribution in [0.5, 0.6) is 0 Å². The van der Waals surface area contributed by atoms with E-state index in [0.29, 0.717) is 50.6 Å². The summed E-state index contributed by atoms with van der Waals surface area (Å²) in [4.78, 5) is 14.9. The molecule has 1 aliphatic rings. The van der Waals surface area contributed by atoms with E-state index in [-0.39, 0.29) is 5.91 Å². The number of sulfonamides is 1. The van der Waals surface area contributed by atoms with E-state index in [9.17, 15) is 13.2 Å². The van der Waals surface area contributed by atoms with Gasteiger partial charge >= 0.3 is 0 Å². The third-order valence-electron chi connectivity index (χ3n) is 5.69. The van der Waals surface area contributed by atoms with Crippen molar-refractivity contribution in [3.05, 3.63) is 78.4 Å². The van der Waals surface area contributed by atoms with Gasteiger partial charge in [0.25, 0.3) is 0 Å². The summed E-state index contributed by atoms with van der Waals surface area (Å²) in [6.45, 7) is 3.49. The summed E-state index contributed by atoms with van der Waals surface area (Å²) in [5.41, 5.74) is 1.02. The minimum atomic E-state index is -3.44. The fourth-order valence-electron chi connectivity index (χ4n) is 3.97. The van der Waals surface area contributed by atoms with Crippen molar-refractivity contribution in [1.29, 1.82) is 0 Å². The quantitative estimate of drug-likeness (QED) is 0.617. The molecule has 4 rings (SSSR count). The highest BCUT2D eigenvalue weighted by Crippen LogP contribution is 2.19. The van der Waals surface area contributed by atoms with Gasteiger partial charge in [-0.3, -0.25) is 9.69 Å². The minimum Gasteiger partial charge on any atom is -0.355 e. The summed E-state index contributed by atoms with van der Waals surface area (Å²) < 4.78 is 27.0. The smallest absolute Gasteiger partial charge is 0.243 e. The maximum Gasteiger partial charge on any atom is 0.243 e. The van der Waals surface area contributed by atoms with E-state index in [4.69, 9.17) is 0 Å². The molecule has 0 radical (unpaired) electrons. The molecule has 3 aromatic rings. The highest BCUT2D eigenvalue weighted by atomic mass is 32.2. The largest absolute Gasteiger partial charge is 0.355 e. The number of fused-ring (bicyclic) bond motifs is 1. The first kappa shape index (κ1) is 21.5. The third kappa shape index (κ3) is 5.12. The van der Waals surface area contributed by atoms with Crippen molar-refractivity contribution >= 4 is 26.7 Å². The number of hydrogen-bond donors (Lipinski definition) is 1. The zero-order valence-corrected chi connectivity index (χ0v) is 18.2. The van der Waals surface area contributed by atoms with Gasteiger partial charge in [0.1, 0.15) is 0 Å². The maximum atomic E-state index is 12.7. The molecule has 162 valence electrons. The lowest BCUT2D eigenvalue weighted by molar-refractivity contribution is -0.120.